The van der Waals surface area contributed by atoms with E-state index in [2.05, 4.69) is 0 Å². The van der Waals surface area contributed by atoms with E-state index in [1.165, 1.54) is 0 Å². The van der Waals surface area contributed by atoms with Crippen molar-refractivity contribution in [3.63, 3.8) is 0 Å². The summed E-state index contributed by atoms with van der Waals surface area (Å²) in [7, 11) is -3.84. The van der Waals surface area contributed by atoms with Gasteiger partial charge in [-0.25, -0.2) is 9.59 Å². The number of hydrogen-bond acceptors (Lipinski definition) is 9. The molecule has 0 aromatic heterocycles. The second kappa shape index (κ2) is 19.0. The minimum Gasteiger partial charge on any atom is -0.445 e. The Morgan fingerprint density at radius 2 is 0.886 bits per heavy atom. The van der Waals surface area contributed by atoms with E-state index < -0.39 is 26.5 Å². The van der Waals surface area contributed by atoms with Gasteiger partial charge in [0.05, 0.1) is 26.9 Å². The number of carbonyl (C=O) groups excluding carboxylic acids is 2. The van der Waals surface area contributed by atoms with Crippen molar-refractivity contribution >= 4 is 26.5 Å². The summed E-state index contributed by atoms with van der Waals surface area (Å²) in [6, 6.07) is 19.1. The topological polar surface area (TPSA) is 120 Å². The third-order valence-electron chi connectivity index (χ3n) is 6.75. The molecular weight excluding hydrogens is 602 g/mol. The van der Waals surface area contributed by atoms with E-state index in [0.717, 1.165) is 18.2 Å². The maximum Gasteiger partial charge on any atom is 0.410 e. The van der Waals surface area contributed by atoms with Gasteiger partial charge in [-0.1, -0.05) is 60.7 Å². The maximum absolute atomic E-state index is 13.2. The van der Waals surface area contributed by atoms with Crippen LogP contribution < -0.4 is 0 Å². The van der Waals surface area contributed by atoms with E-state index >= 15 is 0 Å². The summed E-state index contributed by atoms with van der Waals surface area (Å²) in [4.78, 5) is 33.8. The van der Waals surface area contributed by atoms with Crippen LogP contribution in [0.4, 0.5) is 9.59 Å². The van der Waals surface area contributed by atoms with E-state index in [0.29, 0.717) is 64.9 Å². The van der Waals surface area contributed by atoms with E-state index in [-0.39, 0.29) is 13.2 Å². The van der Waals surface area contributed by atoms with E-state index in [9.17, 15) is 18.7 Å². The molecule has 0 unspecified atom stereocenters. The lowest BCUT2D eigenvalue weighted by molar-refractivity contribution is 0.0759. The minimum absolute atomic E-state index is 0.169. The van der Waals surface area contributed by atoms with Gasteiger partial charge in [0.2, 0.25) is 0 Å². The lowest BCUT2D eigenvalue weighted by Crippen LogP contribution is -2.48. The number of rotatable bonds is 8. The van der Waals surface area contributed by atoms with E-state index in [1.54, 1.807) is 36.5 Å². The van der Waals surface area contributed by atoms with Crippen LogP contribution in [0.2, 0.25) is 0 Å². The van der Waals surface area contributed by atoms with Crippen LogP contribution in [0, 0.1) is 0 Å². The number of aliphatic hydroxyl groups is 1. The standard InChI is InChI=1S/C30H46N4O6P2.CH4O/c1-41(2,37)25-31-15-19-33(29(35)39-23-27-11-7-5-8-12-27)21-17-32(26-42(3,4)38)18-22-34(20-16-31)30(36)40-24-28-13-9-6-10-14-28;1-2/h5-14H,15-26H2,1-4H3;2H,1H3. The van der Waals surface area contributed by atoms with Gasteiger partial charge in [-0.3, -0.25) is 9.80 Å². The lowest BCUT2D eigenvalue weighted by atomic mass is 10.2. The summed E-state index contributed by atoms with van der Waals surface area (Å²) in [6.07, 6.45) is -0.106. The molecule has 3 rings (SSSR count). The molecule has 0 atom stereocenters. The lowest BCUT2D eigenvalue weighted by Gasteiger charge is -2.34. The average Bonchev–Trinajstić information content (AvgIpc) is 2.98. The predicted molar refractivity (Wildman–Crippen MR) is 176 cm³/mol. The van der Waals surface area contributed by atoms with Gasteiger partial charge in [-0.2, -0.15) is 0 Å². The number of benzene rings is 2. The van der Waals surface area contributed by atoms with Crippen molar-refractivity contribution in [3.8, 4) is 0 Å². The summed E-state index contributed by atoms with van der Waals surface area (Å²) in [6.45, 7) is 10.7. The molecule has 1 aliphatic rings. The van der Waals surface area contributed by atoms with Crippen molar-refractivity contribution in [1.29, 1.82) is 0 Å². The summed E-state index contributed by atoms with van der Waals surface area (Å²) in [5.74, 6) is 0. The molecule has 11 nitrogen and oxygen atoms in total. The first kappa shape index (κ1) is 37.5. The fourth-order valence-electron chi connectivity index (χ4n) is 4.73. The SMILES string of the molecule is CO.CP(C)(=O)CN1CCN(C(=O)OCc2ccccc2)CCN(CP(C)(C)=O)CCN(C(=O)OCc2ccccc2)CC1. The van der Waals surface area contributed by atoms with E-state index in [4.69, 9.17) is 14.6 Å². The molecule has 0 radical (unpaired) electrons. The van der Waals surface area contributed by atoms with Gasteiger partial charge in [0, 0.05) is 59.5 Å². The van der Waals surface area contributed by atoms with Gasteiger partial charge in [0.25, 0.3) is 0 Å². The number of amides is 2. The van der Waals surface area contributed by atoms with Crippen LogP contribution in [-0.2, 0) is 31.8 Å². The number of aliphatic hydroxyl groups excluding tert-OH is 1. The highest BCUT2D eigenvalue weighted by Crippen LogP contribution is 2.37. The molecule has 2 aromatic carbocycles. The number of hydrogen-bond donors (Lipinski definition) is 1. The predicted octanol–water partition coefficient (Wildman–Crippen LogP) is 4.65. The molecule has 13 heteroatoms. The third-order valence-corrected chi connectivity index (χ3v) is 8.91. The number of ether oxygens (including phenoxy) is 2. The van der Waals surface area contributed by atoms with Gasteiger partial charge >= 0.3 is 12.2 Å². The molecule has 1 heterocycles. The largest absolute Gasteiger partial charge is 0.445 e. The second-order valence-electron chi connectivity index (χ2n) is 11.7. The number of carbonyl (C=O) groups is 2. The Hall–Kier alpha value is -2.68. The van der Waals surface area contributed by atoms with Crippen molar-refractivity contribution in [2.75, 3.05) is 98.7 Å². The fraction of sp³-hybridized carbons (Fsp3) is 0.548. The summed E-state index contributed by atoms with van der Waals surface area (Å²) >= 11 is 0. The number of nitrogens with zero attached hydrogens (tertiary/aromatic N) is 4. The molecule has 1 saturated heterocycles. The van der Waals surface area contributed by atoms with Crippen molar-refractivity contribution in [2.24, 2.45) is 0 Å². The molecule has 246 valence electrons. The molecule has 1 aliphatic heterocycles. The Morgan fingerprint density at radius 3 is 1.16 bits per heavy atom. The van der Waals surface area contributed by atoms with Gasteiger partial charge in [0.15, 0.2) is 0 Å². The first-order valence-electron chi connectivity index (χ1n) is 14.8. The zero-order valence-corrected chi connectivity index (χ0v) is 28.6. The smallest absolute Gasteiger partial charge is 0.410 e. The Labute approximate surface area is 262 Å². The Bertz CT molecular complexity index is 1110. The van der Waals surface area contributed by atoms with Crippen LogP contribution in [0.1, 0.15) is 11.1 Å². The van der Waals surface area contributed by atoms with Crippen LogP contribution in [0.5, 0.6) is 0 Å². The highest BCUT2D eigenvalue weighted by Gasteiger charge is 2.25. The van der Waals surface area contributed by atoms with Crippen LogP contribution in [0.3, 0.4) is 0 Å². The average molecular weight is 653 g/mol. The highest BCUT2D eigenvalue weighted by molar-refractivity contribution is 7.62. The molecule has 1 fully saturated rings. The summed E-state index contributed by atoms with van der Waals surface area (Å²) in [5, 5.41) is 7.00. The van der Waals surface area contributed by atoms with Crippen molar-refractivity contribution in [2.45, 2.75) is 13.2 Å². The van der Waals surface area contributed by atoms with Crippen LogP contribution >= 0.6 is 14.3 Å². The molecule has 0 saturated carbocycles. The Balaban J connectivity index is 0.00000330. The molecular formula is C31H50N4O7P2. The van der Waals surface area contributed by atoms with Crippen molar-refractivity contribution < 1.29 is 33.3 Å². The van der Waals surface area contributed by atoms with Crippen LogP contribution in [-0.4, -0.2) is 136 Å². The quantitative estimate of drug-likeness (QED) is 0.407. The normalized spacial score (nSPS) is 16.1. The molecule has 1 N–H and O–H groups in total. The first-order chi connectivity index (χ1) is 20.9. The van der Waals surface area contributed by atoms with E-state index in [1.807, 2.05) is 70.5 Å². The zero-order valence-electron chi connectivity index (χ0n) is 26.8. The molecule has 0 bridgehead atoms. The monoisotopic (exact) mass is 652 g/mol. The Kier molecular flexibility index (Phi) is 16.2. The summed E-state index contributed by atoms with van der Waals surface area (Å²) in [5.41, 5.74) is 1.80. The van der Waals surface area contributed by atoms with Crippen molar-refractivity contribution in [3.05, 3.63) is 71.8 Å². The van der Waals surface area contributed by atoms with Crippen LogP contribution in [0.15, 0.2) is 60.7 Å². The molecule has 2 aromatic rings. The maximum atomic E-state index is 13.2. The second-order valence-corrected chi connectivity index (χ2v) is 18.6. The molecule has 2 amide bonds. The van der Waals surface area contributed by atoms with Crippen LogP contribution in [0.25, 0.3) is 0 Å². The molecule has 44 heavy (non-hydrogen) atoms. The zero-order chi connectivity index (χ0) is 32.6. The fourth-order valence-corrected chi connectivity index (χ4v) is 7.22. The molecule has 0 spiro atoms. The van der Waals surface area contributed by atoms with Gasteiger partial charge < -0.3 is 33.5 Å². The minimum atomic E-state index is -2.42. The van der Waals surface area contributed by atoms with Gasteiger partial charge in [0.1, 0.15) is 13.2 Å². The Morgan fingerprint density at radius 1 is 0.591 bits per heavy atom. The van der Waals surface area contributed by atoms with Gasteiger partial charge in [-0.15, -0.1) is 0 Å². The third kappa shape index (κ3) is 15.4. The van der Waals surface area contributed by atoms with Crippen molar-refractivity contribution in [1.82, 2.24) is 19.6 Å². The van der Waals surface area contributed by atoms with Gasteiger partial charge in [-0.05, 0) is 37.8 Å². The first-order valence-corrected chi connectivity index (χ1v) is 20.3. The summed E-state index contributed by atoms with van der Waals surface area (Å²) < 4.78 is 36.9. The highest BCUT2D eigenvalue weighted by atomic mass is 31.2. The molecule has 0 aliphatic carbocycles.